The van der Waals surface area contributed by atoms with Crippen molar-refractivity contribution in [3.63, 3.8) is 0 Å². The molecule has 3 aromatic rings. The van der Waals surface area contributed by atoms with Gasteiger partial charge < -0.3 is 14.5 Å². The average molecular weight is 426 g/mol. The van der Waals surface area contributed by atoms with E-state index in [-0.39, 0.29) is 24.2 Å². The number of carbonyl (C=O) groups is 1. The first-order valence-corrected chi connectivity index (χ1v) is 11.7. The van der Waals surface area contributed by atoms with Crippen molar-refractivity contribution >= 4 is 21.4 Å². The zero-order valence-corrected chi connectivity index (χ0v) is 17.3. The summed E-state index contributed by atoms with van der Waals surface area (Å²) in [5.74, 6) is 1.32. The number of hydrogen-bond donors (Lipinski definition) is 1. The minimum absolute atomic E-state index is 0.0474. The van der Waals surface area contributed by atoms with Crippen molar-refractivity contribution in [3.8, 4) is 17.2 Å². The second-order valence-corrected chi connectivity index (χ2v) is 9.59. The fraction of sp³-hybridized carbons (Fsp3) is 0.273. The highest BCUT2D eigenvalue weighted by molar-refractivity contribution is 7.90. The van der Waals surface area contributed by atoms with Gasteiger partial charge in [0.05, 0.1) is 5.75 Å². The SMILES string of the molecule is CS(=O)(=O)CCOc1cccc(NC(=O)c2nc(-c3ccccc3)oc2C2CC2)c1. The minimum atomic E-state index is -3.10. The number of nitrogens with one attached hydrogen (secondary N) is 1. The fourth-order valence-electron chi connectivity index (χ4n) is 2.99. The Labute approximate surface area is 175 Å². The number of oxazole rings is 1. The summed E-state index contributed by atoms with van der Waals surface area (Å²) in [4.78, 5) is 17.4. The molecule has 7 nitrogen and oxygen atoms in total. The molecule has 1 aliphatic carbocycles. The predicted octanol–water partition coefficient (Wildman–Crippen LogP) is 3.89. The summed E-state index contributed by atoms with van der Waals surface area (Å²) < 4.78 is 33.9. The molecular formula is C22H22N2O5S. The van der Waals surface area contributed by atoms with Crippen molar-refractivity contribution in [1.82, 2.24) is 4.98 Å². The normalized spacial score (nSPS) is 13.8. The number of aromatic nitrogens is 1. The highest BCUT2D eigenvalue weighted by Gasteiger charge is 2.34. The lowest BCUT2D eigenvalue weighted by atomic mass is 10.2. The Balaban J connectivity index is 1.50. The largest absolute Gasteiger partial charge is 0.492 e. The van der Waals surface area contributed by atoms with Crippen molar-refractivity contribution < 1.29 is 22.4 Å². The first kappa shape index (κ1) is 20.2. The molecular weight excluding hydrogens is 404 g/mol. The summed E-state index contributed by atoms with van der Waals surface area (Å²) in [6.45, 7) is 0.0474. The zero-order chi connectivity index (χ0) is 21.1. The van der Waals surface area contributed by atoms with Gasteiger partial charge in [0.15, 0.2) is 15.5 Å². The third kappa shape index (κ3) is 5.07. The lowest BCUT2D eigenvalue weighted by Crippen LogP contribution is -2.15. The van der Waals surface area contributed by atoms with Crippen LogP contribution in [0, 0.1) is 0 Å². The fourth-order valence-corrected chi connectivity index (χ4v) is 3.37. The molecule has 1 fully saturated rings. The quantitative estimate of drug-likeness (QED) is 0.587. The van der Waals surface area contributed by atoms with Gasteiger partial charge >= 0.3 is 0 Å². The third-order valence-corrected chi connectivity index (χ3v) is 5.56. The van der Waals surface area contributed by atoms with Crippen LogP contribution in [0.1, 0.15) is 35.0 Å². The van der Waals surface area contributed by atoms with Crippen LogP contribution in [0.25, 0.3) is 11.5 Å². The van der Waals surface area contributed by atoms with Crippen molar-refractivity contribution in [2.24, 2.45) is 0 Å². The van der Waals surface area contributed by atoms with E-state index in [0.29, 0.717) is 28.8 Å². The molecule has 1 heterocycles. The van der Waals surface area contributed by atoms with E-state index < -0.39 is 9.84 Å². The van der Waals surface area contributed by atoms with Crippen LogP contribution in [-0.2, 0) is 9.84 Å². The molecule has 0 saturated heterocycles. The van der Waals surface area contributed by atoms with Crippen molar-refractivity contribution in [2.75, 3.05) is 23.9 Å². The van der Waals surface area contributed by atoms with Gasteiger partial charge in [-0.3, -0.25) is 4.79 Å². The molecule has 30 heavy (non-hydrogen) atoms. The molecule has 1 aliphatic rings. The van der Waals surface area contributed by atoms with Gasteiger partial charge in [0.25, 0.3) is 5.91 Å². The van der Waals surface area contributed by atoms with Gasteiger partial charge in [-0.05, 0) is 37.1 Å². The lowest BCUT2D eigenvalue weighted by Gasteiger charge is -2.08. The van der Waals surface area contributed by atoms with Crippen LogP contribution >= 0.6 is 0 Å². The molecule has 2 aromatic carbocycles. The van der Waals surface area contributed by atoms with Crippen molar-refractivity contribution in [2.45, 2.75) is 18.8 Å². The maximum Gasteiger partial charge on any atom is 0.277 e. The molecule has 0 radical (unpaired) electrons. The monoisotopic (exact) mass is 426 g/mol. The Kier molecular flexibility index (Phi) is 5.59. The number of anilines is 1. The number of benzene rings is 2. The molecule has 156 valence electrons. The molecule has 0 aliphatic heterocycles. The summed E-state index contributed by atoms with van der Waals surface area (Å²) in [6, 6.07) is 16.3. The molecule has 1 N–H and O–H groups in total. The number of rotatable bonds is 8. The number of carbonyl (C=O) groups excluding carboxylic acids is 1. The van der Waals surface area contributed by atoms with E-state index in [1.165, 1.54) is 0 Å². The summed E-state index contributed by atoms with van der Waals surface area (Å²) in [5, 5.41) is 2.83. The van der Waals surface area contributed by atoms with E-state index in [4.69, 9.17) is 9.15 Å². The molecule has 1 aromatic heterocycles. The summed E-state index contributed by atoms with van der Waals surface area (Å²) in [5.41, 5.74) is 1.64. The molecule has 0 spiro atoms. The number of ether oxygens (including phenoxy) is 1. The Bertz CT molecular complexity index is 1150. The van der Waals surface area contributed by atoms with Gasteiger partial charge in [0.2, 0.25) is 5.89 Å². The van der Waals surface area contributed by atoms with Gasteiger partial charge in [-0.2, -0.15) is 0 Å². The van der Waals surface area contributed by atoms with E-state index in [1.54, 1.807) is 24.3 Å². The van der Waals surface area contributed by atoms with Crippen molar-refractivity contribution in [3.05, 3.63) is 66.1 Å². The second-order valence-electron chi connectivity index (χ2n) is 7.33. The number of amides is 1. The van der Waals surface area contributed by atoms with E-state index in [9.17, 15) is 13.2 Å². The minimum Gasteiger partial charge on any atom is -0.492 e. The zero-order valence-electron chi connectivity index (χ0n) is 16.5. The molecule has 0 unspecified atom stereocenters. The maximum atomic E-state index is 12.9. The summed E-state index contributed by atoms with van der Waals surface area (Å²) >= 11 is 0. The Morgan fingerprint density at radius 2 is 1.93 bits per heavy atom. The molecule has 0 bridgehead atoms. The molecule has 4 rings (SSSR count). The van der Waals surface area contributed by atoms with Gasteiger partial charge in [0, 0.05) is 29.5 Å². The number of nitrogens with zero attached hydrogens (tertiary/aromatic N) is 1. The van der Waals surface area contributed by atoms with E-state index in [1.807, 2.05) is 30.3 Å². The van der Waals surface area contributed by atoms with Crippen LogP contribution in [0.3, 0.4) is 0 Å². The third-order valence-electron chi connectivity index (χ3n) is 4.65. The van der Waals surface area contributed by atoms with Crippen LogP contribution in [0.15, 0.2) is 59.0 Å². The van der Waals surface area contributed by atoms with Crippen LogP contribution in [0.2, 0.25) is 0 Å². The smallest absolute Gasteiger partial charge is 0.277 e. The molecule has 8 heteroatoms. The molecule has 1 amide bonds. The van der Waals surface area contributed by atoms with Crippen LogP contribution < -0.4 is 10.1 Å². The first-order chi connectivity index (χ1) is 14.4. The van der Waals surface area contributed by atoms with E-state index >= 15 is 0 Å². The van der Waals surface area contributed by atoms with Crippen LogP contribution in [0.4, 0.5) is 5.69 Å². The van der Waals surface area contributed by atoms with Gasteiger partial charge in [-0.25, -0.2) is 13.4 Å². The molecule has 1 saturated carbocycles. The average Bonchev–Trinajstić information content (AvgIpc) is 3.46. The summed E-state index contributed by atoms with van der Waals surface area (Å²) in [7, 11) is -3.10. The highest BCUT2D eigenvalue weighted by atomic mass is 32.2. The van der Waals surface area contributed by atoms with E-state index in [0.717, 1.165) is 24.7 Å². The number of hydrogen-bond acceptors (Lipinski definition) is 6. The Morgan fingerprint density at radius 1 is 1.17 bits per heavy atom. The highest BCUT2D eigenvalue weighted by Crippen LogP contribution is 2.43. The Hall–Kier alpha value is -3.13. The lowest BCUT2D eigenvalue weighted by molar-refractivity contribution is 0.102. The molecule has 0 atom stereocenters. The first-order valence-electron chi connectivity index (χ1n) is 9.67. The van der Waals surface area contributed by atoms with Gasteiger partial charge in [-0.1, -0.05) is 24.3 Å². The van der Waals surface area contributed by atoms with Crippen molar-refractivity contribution in [1.29, 1.82) is 0 Å². The van der Waals surface area contributed by atoms with Gasteiger partial charge in [0.1, 0.15) is 18.1 Å². The topological polar surface area (TPSA) is 98.5 Å². The van der Waals surface area contributed by atoms with Crippen LogP contribution in [0.5, 0.6) is 5.75 Å². The number of sulfone groups is 1. The standard InChI is InChI=1S/C22H22N2O5S/c1-30(26,27)13-12-28-18-9-5-8-17(14-18)23-21(25)19-20(15-10-11-15)29-22(24-19)16-6-3-2-4-7-16/h2-9,14-15H,10-13H2,1H3,(H,23,25). The second kappa shape index (κ2) is 8.31. The maximum absolute atomic E-state index is 12.9. The summed E-state index contributed by atoms with van der Waals surface area (Å²) in [6.07, 6.45) is 3.12. The van der Waals surface area contributed by atoms with E-state index in [2.05, 4.69) is 10.3 Å². The van der Waals surface area contributed by atoms with Crippen LogP contribution in [-0.4, -0.2) is 37.9 Å². The van der Waals surface area contributed by atoms with Gasteiger partial charge in [-0.15, -0.1) is 0 Å². The predicted molar refractivity (Wildman–Crippen MR) is 114 cm³/mol. The Morgan fingerprint density at radius 3 is 2.63 bits per heavy atom.